The Morgan fingerprint density at radius 3 is 2.43 bits per heavy atom. The first-order chi connectivity index (χ1) is 6.65. The van der Waals surface area contributed by atoms with Crippen LogP contribution in [-0.4, -0.2) is 16.1 Å². The summed E-state index contributed by atoms with van der Waals surface area (Å²) in [6, 6.07) is 1.82. The topological polar surface area (TPSA) is 35.0 Å². The first kappa shape index (κ1) is 10.5. The van der Waals surface area contributed by atoms with Crippen molar-refractivity contribution in [2.75, 3.05) is 0 Å². The van der Waals surface area contributed by atoms with Crippen LogP contribution in [-0.2, 0) is 4.74 Å². The van der Waals surface area contributed by atoms with Gasteiger partial charge in [-0.2, -0.15) is 0 Å². The number of ether oxygens (including phenoxy) is 1. The molecule has 1 saturated heterocycles. The van der Waals surface area contributed by atoms with Crippen LogP contribution in [0.1, 0.15) is 31.7 Å². The van der Waals surface area contributed by atoms with Crippen molar-refractivity contribution in [2.24, 2.45) is 0 Å². The lowest BCUT2D eigenvalue weighted by molar-refractivity contribution is 0.0501. The van der Waals surface area contributed by atoms with Gasteiger partial charge in [-0.25, -0.2) is 9.97 Å². The van der Waals surface area contributed by atoms with Gasteiger partial charge < -0.3 is 4.74 Å². The van der Waals surface area contributed by atoms with Gasteiger partial charge in [0.2, 0.25) is 0 Å². The van der Waals surface area contributed by atoms with Crippen molar-refractivity contribution in [2.45, 2.75) is 32.0 Å². The molecule has 2 atom stereocenters. The quantitative estimate of drug-likeness (QED) is 0.745. The van der Waals surface area contributed by atoms with Gasteiger partial charge in [0.15, 0.2) is 5.82 Å². The SMILES string of the molecule is CC1CCC(c2nc(Br)cc(Br)n2)O1. The van der Waals surface area contributed by atoms with Crippen molar-refractivity contribution >= 4 is 31.9 Å². The van der Waals surface area contributed by atoms with Gasteiger partial charge in [0.25, 0.3) is 0 Å². The van der Waals surface area contributed by atoms with Crippen molar-refractivity contribution in [3.63, 3.8) is 0 Å². The van der Waals surface area contributed by atoms with Crippen molar-refractivity contribution < 1.29 is 4.74 Å². The van der Waals surface area contributed by atoms with Gasteiger partial charge in [-0.15, -0.1) is 0 Å². The van der Waals surface area contributed by atoms with Crippen LogP contribution in [0.25, 0.3) is 0 Å². The molecule has 76 valence electrons. The minimum atomic E-state index is 0.0544. The Kier molecular flexibility index (Phi) is 3.19. The Bertz CT molecular complexity index is 325. The van der Waals surface area contributed by atoms with E-state index >= 15 is 0 Å². The van der Waals surface area contributed by atoms with E-state index in [4.69, 9.17) is 4.74 Å². The molecule has 5 heteroatoms. The summed E-state index contributed by atoms with van der Waals surface area (Å²) in [7, 11) is 0. The van der Waals surface area contributed by atoms with Gasteiger partial charge in [-0.3, -0.25) is 0 Å². The summed E-state index contributed by atoms with van der Waals surface area (Å²) in [4.78, 5) is 8.60. The molecule has 1 aromatic rings. The third-order valence-corrected chi connectivity index (χ3v) is 3.01. The molecule has 1 aliphatic rings. The van der Waals surface area contributed by atoms with Gasteiger partial charge in [-0.05, 0) is 51.6 Å². The fourth-order valence-electron chi connectivity index (χ4n) is 1.54. The Labute approximate surface area is 99.5 Å². The number of nitrogens with zero attached hydrogens (tertiary/aromatic N) is 2. The molecule has 1 aromatic heterocycles. The number of hydrogen-bond donors (Lipinski definition) is 0. The third-order valence-electron chi connectivity index (χ3n) is 2.20. The highest BCUT2D eigenvalue weighted by molar-refractivity contribution is 9.11. The molecular formula is C9H10Br2N2O. The summed E-state index contributed by atoms with van der Waals surface area (Å²) >= 11 is 6.68. The maximum atomic E-state index is 5.69. The number of aromatic nitrogens is 2. The summed E-state index contributed by atoms with van der Waals surface area (Å²) < 4.78 is 7.27. The highest BCUT2D eigenvalue weighted by Crippen LogP contribution is 2.31. The van der Waals surface area contributed by atoms with E-state index in [1.807, 2.05) is 6.07 Å². The summed E-state index contributed by atoms with van der Waals surface area (Å²) in [6.45, 7) is 2.08. The van der Waals surface area contributed by atoms with E-state index in [1.165, 1.54) is 0 Å². The van der Waals surface area contributed by atoms with Gasteiger partial charge in [0.05, 0.1) is 6.10 Å². The van der Waals surface area contributed by atoms with E-state index in [9.17, 15) is 0 Å². The van der Waals surface area contributed by atoms with Crippen LogP contribution in [0.15, 0.2) is 15.3 Å². The predicted octanol–water partition coefficient (Wildman–Crippen LogP) is 3.24. The lowest BCUT2D eigenvalue weighted by Gasteiger charge is -2.09. The van der Waals surface area contributed by atoms with E-state index in [2.05, 4.69) is 48.8 Å². The first-order valence-corrected chi connectivity index (χ1v) is 6.09. The maximum Gasteiger partial charge on any atom is 0.159 e. The van der Waals surface area contributed by atoms with Crippen LogP contribution >= 0.6 is 31.9 Å². The second-order valence-electron chi connectivity index (χ2n) is 3.38. The van der Waals surface area contributed by atoms with E-state index in [1.54, 1.807) is 0 Å². The molecule has 2 rings (SSSR count). The molecule has 0 spiro atoms. The molecule has 0 aromatic carbocycles. The molecule has 2 unspecified atom stereocenters. The average Bonchev–Trinajstić information content (AvgIpc) is 2.50. The molecular weight excluding hydrogens is 312 g/mol. The Hall–Kier alpha value is -0.0000000000000000763. The summed E-state index contributed by atoms with van der Waals surface area (Å²) in [6.07, 6.45) is 2.46. The third kappa shape index (κ3) is 2.32. The number of rotatable bonds is 1. The van der Waals surface area contributed by atoms with Crippen LogP contribution < -0.4 is 0 Å². The fourth-order valence-corrected chi connectivity index (χ4v) is 2.65. The molecule has 0 N–H and O–H groups in total. The molecule has 0 amide bonds. The molecule has 3 nitrogen and oxygen atoms in total. The van der Waals surface area contributed by atoms with Gasteiger partial charge in [0.1, 0.15) is 15.3 Å². The second kappa shape index (κ2) is 4.24. The lowest BCUT2D eigenvalue weighted by atomic mass is 10.2. The molecule has 0 radical (unpaired) electrons. The van der Waals surface area contributed by atoms with Gasteiger partial charge >= 0.3 is 0 Å². The molecule has 1 aliphatic heterocycles. The van der Waals surface area contributed by atoms with Crippen LogP contribution in [0.2, 0.25) is 0 Å². The first-order valence-electron chi connectivity index (χ1n) is 4.50. The van der Waals surface area contributed by atoms with Crippen molar-refractivity contribution in [1.29, 1.82) is 0 Å². The van der Waals surface area contributed by atoms with Gasteiger partial charge in [0, 0.05) is 6.07 Å². The summed E-state index contributed by atoms with van der Waals surface area (Å²) in [5, 5.41) is 0. The molecule has 0 aliphatic carbocycles. The van der Waals surface area contributed by atoms with Crippen molar-refractivity contribution in [3.05, 3.63) is 21.1 Å². The molecule has 0 saturated carbocycles. The van der Waals surface area contributed by atoms with Crippen molar-refractivity contribution in [1.82, 2.24) is 9.97 Å². The maximum absolute atomic E-state index is 5.69. The lowest BCUT2D eigenvalue weighted by Crippen LogP contribution is -2.05. The largest absolute Gasteiger partial charge is 0.367 e. The highest BCUT2D eigenvalue weighted by Gasteiger charge is 2.25. The Morgan fingerprint density at radius 1 is 1.29 bits per heavy atom. The normalized spacial score (nSPS) is 26.8. The highest BCUT2D eigenvalue weighted by atomic mass is 79.9. The molecule has 1 fully saturated rings. The van der Waals surface area contributed by atoms with Crippen LogP contribution in [0.4, 0.5) is 0 Å². The monoisotopic (exact) mass is 320 g/mol. The summed E-state index contributed by atoms with van der Waals surface area (Å²) in [5.41, 5.74) is 0. The smallest absolute Gasteiger partial charge is 0.159 e. The Balaban J connectivity index is 2.23. The molecule has 0 bridgehead atoms. The minimum absolute atomic E-state index is 0.0544. The fraction of sp³-hybridized carbons (Fsp3) is 0.556. The van der Waals surface area contributed by atoms with E-state index in [0.29, 0.717) is 6.10 Å². The predicted molar refractivity (Wildman–Crippen MR) is 60.0 cm³/mol. The minimum Gasteiger partial charge on any atom is -0.367 e. The molecule has 14 heavy (non-hydrogen) atoms. The van der Waals surface area contributed by atoms with Crippen LogP contribution in [0.3, 0.4) is 0 Å². The van der Waals surface area contributed by atoms with Gasteiger partial charge in [-0.1, -0.05) is 0 Å². The average molecular weight is 322 g/mol. The van der Waals surface area contributed by atoms with Crippen molar-refractivity contribution in [3.8, 4) is 0 Å². The zero-order valence-corrected chi connectivity index (χ0v) is 10.9. The summed E-state index contributed by atoms with van der Waals surface area (Å²) in [5.74, 6) is 0.760. The van der Waals surface area contributed by atoms with Crippen LogP contribution in [0.5, 0.6) is 0 Å². The Morgan fingerprint density at radius 2 is 1.93 bits per heavy atom. The standard InChI is InChI=1S/C9H10Br2N2O/c1-5-2-3-6(14-5)9-12-7(10)4-8(11)13-9/h4-6H,2-3H2,1H3. The van der Waals surface area contributed by atoms with E-state index in [-0.39, 0.29) is 6.10 Å². The van der Waals surface area contributed by atoms with E-state index in [0.717, 1.165) is 27.9 Å². The van der Waals surface area contributed by atoms with Crippen LogP contribution in [0, 0.1) is 0 Å². The zero-order valence-electron chi connectivity index (χ0n) is 7.70. The molecule has 2 heterocycles. The van der Waals surface area contributed by atoms with E-state index < -0.39 is 0 Å². The second-order valence-corrected chi connectivity index (χ2v) is 5.01. The number of halogens is 2. The zero-order chi connectivity index (χ0) is 10.1. The number of hydrogen-bond acceptors (Lipinski definition) is 3.